The van der Waals surface area contributed by atoms with Gasteiger partial charge in [0.15, 0.2) is 0 Å². The first-order valence-corrected chi connectivity index (χ1v) is 10.2. The Balaban J connectivity index is 1.73. The number of H-pyrrole nitrogens is 1. The van der Waals surface area contributed by atoms with E-state index in [9.17, 15) is 9.59 Å². The summed E-state index contributed by atoms with van der Waals surface area (Å²) in [6, 6.07) is 6.11. The van der Waals surface area contributed by atoms with Crippen LogP contribution < -0.4 is 15.4 Å². The van der Waals surface area contributed by atoms with Crippen LogP contribution in [0.5, 0.6) is 0 Å². The van der Waals surface area contributed by atoms with E-state index in [1.54, 1.807) is 4.90 Å². The molecule has 0 spiro atoms. The Bertz CT molecular complexity index is 932. The minimum atomic E-state index is -0.165. The van der Waals surface area contributed by atoms with Crippen LogP contribution in [0.3, 0.4) is 0 Å². The Morgan fingerprint density at radius 2 is 1.97 bits per heavy atom. The molecule has 1 fully saturated rings. The summed E-state index contributed by atoms with van der Waals surface area (Å²) in [5.74, 6) is 0.591. The fraction of sp³-hybridized carbons (Fsp3) is 0.500. The van der Waals surface area contributed by atoms with Gasteiger partial charge in [0.25, 0.3) is 5.56 Å². The molecule has 3 rings (SSSR count). The second kappa shape index (κ2) is 9.22. The lowest BCUT2D eigenvalue weighted by Gasteiger charge is -2.27. The van der Waals surface area contributed by atoms with Crippen molar-refractivity contribution in [2.45, 2.75) is 40.5 Å². The van der Waals surface area contributed by atoms with Gasteiger partial charge >= 0.3 is 0 Å². The average molecular weight is 399 g/mol. The lowest BCUT2D eigenvalue weighted by molar-refractivity contribution is -0.118. The maximum absolute atomic E-state index is 12.9. The van der Waals surface area contributed by atoms with Crippen LogP contribution in [0.15, 0.2) is 23.0 Å². The SMILES string of the molecule is CCN(C(=O)CCc1c(C)nc(N2CCOCC2)[nH]c1=O)c1cc(C)ccc1C. The molecule has 0 atom stereocenters. The monoisotopic (exact) mass is 398 g/mol. The number of carbonyl (C=O) groups excluding carboxylic acids is 1. The number of aromatic amines is 1. The third-order valence-corrected chi connectivity index (χ3v) is 5.38. The minimum Gasteiger partial charge on any atom is -0.378 e. The molecule has 0 unspecified atom stereocenters. The molecule has 0 aliphatic carbocycles. The first-order valence-electron chi connectivity index (χ1n) is 10.2. The maximum atomic E-state index is 12.9. The summed E-state index contributed by atoms with van der Waals surface area (Å²) in [4.78, 5) is 36.8. The summed E-state index contributed by atoms with van der Waals surface area (Å²) in [5, 5.41) is 0. The first kappa shape index (κ1) is 21.0. The second-order valence-electron chi connectivity index (χ2n) is 7.48. The van der Waals surface area contributed by atoms with Crippen LogP contribution in [0.2, 0.25) is 0 Å². The molecule has 1 saturated heterocycles. The highest BCUT2D eigenvalue weighted by atomic mass is 16.5. The number of hydrogen-bond acceptors (Lipinski definition) is 5. The van der Waals surface area contributed by atoms with Gasteiger partial charge in [0, 0.05) is 43.0 Å². The van der Waals surface area contributed by atoms with E-state index in [-0.39, 0.29) is 17.9 Å². The Hall–Kier alpha value is -2.67. The van der Waals surface area contributed by atoms with Gasteiger partial charge in [0.1, 0.15) is 0 Å². The number of benzene rings is 1. The van der Waals surface area contributed by atoms with Gasteiger partial charge < -0.3 is 14.5 Å². The number of hydrogen-bond donors (Lipinski definition) is 1. The van der Waals surface area contributed by atoms with Gasteiger partial charge in [0.05, 0.1) is 13.2 Å². The van der Waals surface area contributed by atoms with Crippen LogP contribution in [-0.4, -0.2) is 48.7 Å². The molecule has 1 N–H and O–H groups in total. The molecule has 1 aromatic heterocycles. The number of anilines is 2. The van der Waals surface area contributed by atoms with Crippen molar-refractivity contribution < 1.29 is 9.53 Å². The molecule has 2 aromatic rings. The molecule has 1 aliphatic heterocycles. The molecule has 156 valence electrons. The number of nitrogens with zero attached hydrogens (tertiary/aromatic N) is 3. The van der Waals surface area contributed by atoms with E-state index in [2.05, 4.69) is 9.97 Å². The fourth-order valence-electron chi connectivity index (χ4n) is 3.67. The number of morpholine rings is 1. The highest BCUT2D eigenvalue weighted by Gasteiger charge is 2.19. The molecular weight excluding hydrogens is 368 g/mol. The molecule has 29 heavy (non-hydrogen) atoms. The molecule has 7 heteroatoms. The molecular formula is C22H30N4O3. The van der Waals surface area contributed by atoms with Crippen LogP contribution in [0.4, 0.5) is 11.6 Å². The summed E-state index contributed by atoms with van der Waals surface area (Å²) in [7, 11) is 0. The predicted molar refractivity (Wildman–Crippen MR) is 115 cm³/mol. The van der Waals surface area contributed by atoms with Crippen molar-refractivity contribution in [1.29, 1.82) is 0 Å². The van der Waals surface area contributed by atoms with Crippen LogP contribution in [0.25, 0.3) is 0 Å². The lowest BCUT2D eigenvalue weighted by atomic mass is 10.1. The van der Waals surface area contributed by atoms with Gasteiger partial charge in [-0.3, -0.25) is 14.6 Å². The largest absolute Gasteiger partial charge is 0.378 e. The first-order chi connectivity index (χ1) is 13.9. The predicted octanol–water partition coefficient (Wildman–Crippen LogP) is 2.52. The second-order valence-corrected chi connectivity index (χ2v) is 7.48. The molecule has 7 nitrogen and oxygen atoms in total. The number of nitrogens with one attached hydrogen (secondary N) is 1. The van der Waals surface area contributed by atoms with E-state index in [1.807, 2.05) is 50.8 Å². The zero-order valence-corrected chi connectivity index (χ0v) is 17.7. The number of amides is 1. The molecule has 1 aliphatic rings. The van der Waals surface area contributed by atoms with Crippen LogP contribution in [0.1, 0.15) is 35.7 Å². The van der Waals surface area contributed by atoms with Crippen LogP contribution in [0, 0.1) is 20.8 Å². The van der Waals surface area contributed by atoms with E-state index in [4.69, 9.17) is 4.74 Å². The number of ether oxygens (including phenoxy) is 1. The Morgan fingerprint density at radius 3 is 2.62 bits per heavy atom. The zero-order chi connectivity index (χ0) is 21.0. The van der Waals surface area contributed by atoms with Crippen molar-refractivity contribution in [2.24, 2.45) is 0 Å². The van der Waals surface area contributed by atoms with Crippen LogP contribution in [-0.2, 0) is 16.0 Å². The molecule has 0 bridgehead atoms. The van der Waals surface area contributed by atoms with Gasteiger partial charge in [-0.2, -0.15) is 0 Å². The quantitative estimate of drug-likeness (QED) is 0.809. The lowest BCUT2D eigenvalue weighted by Crippen LogP contribution is -2.39. The molecule has 2 heterocycles. The van der Waals surface area contributed by atoms with Gasteiger partial charge in [-0.1, -0.05) is 12.1 Å². The fourth-order valence-corrected chi connectivity index (χ4v) is 3.67. The van der Waals surface area contributed by atoms with E-state index in [1.165, 1.54) is 0 Å². The Morgan fingerprint density at radius 1 is 1.24 bits per heavy atom. The summed E-state index contributed by atoms with van der Waals surface area (Å²) in [6.07, 6.45) is 0.640. The van der Waals surface area contributed by atoms with E-state index in [0.717, 1.165) is 16.8 Å². The number of aryl methyl sites for hydroxylation is 3. The van der Waals surface area contributed by atoms with Crippen molar-refractivity contribution in [2.75, 3.05) is 42.6 Å². The van der Waals surface area contributed by atoms with Crippen molar-refractivity contribution in [3.8, 4) is 0 Å². The smallest absolute Gasteiger partial charge is 0.255 e. The topological polar surface area (TPSA) is 78.5 Å². The molecule has 0 radical (unpaired) electrons. The highest BCUT2D eigenvalue weighted by molar-refractivity contribution is 5.94. The van der Waals surface area contributed by atoms with Crippen molar-refractivity contribution in [1.82, 2.24) is 9.97 Å². The van der Waals surface area contributed by atoms with Gasteiger partial charge in [-0.15, -0.1) is 0 Å². The van der Waals surface area contributed by atoms with Crippen molar-refractivity contribution in [3.63, 3.8) is 0 Å². The summed E-state index contributed by atoms with van der Waals surface area (Å²) >= 11 is 0. The molecule has 1 aromatic carbocycles. The molecule has 1 amide bonds. The molecule has 0 saturated carbocycles. The Kier molecular flexibility index (Phi) is 6.69. The van der Waals surface area contributed by atoms with Gasteiger partial charge in [-0.25, -0.2) is 4.98 Å². The van der Waals surface area contributed by atoms with E-state index < -0.39 is 0 Å². The summed E-state index contributed by atoms with van der Waals surface area (Å²) in [5.41, 5.74) is 4.21. The van der Waals surface area contributed by atoms with Gasteiger partial charge in [0.2, 0.25) is 11.9 Å². The number of rotatable bonds is 6. The third kappa shape index (κ3) is 4.85. The third-order valence-electron chi connectivity index (χ3n) is 5.38. The van der Waals surface area contributed by atoms with Crippen molar-refractivity contribution >= 4 is 17.5 Å². The summed E-state index contributed by atoms with van der Waals surface area (Å²) < 4.78 is 5.35. The summed E-state index contributed by atoms with van der Waals surface area (Å²) in [6.45, 7) is 11.1. The minimum absolute atomic E-state index is 0.0113. The highest BCUT2D eigenvalue weighted by Crippen LogP contribution is 2.22. The van der Waals surface area contributed by atoms with Crippen LogP contribution >= 0.6 is 0 Å². The van der Waals surface area contributed by atoms with Crippen molar-refractivity contribution in [3.05, 3.63) is 50.9 Å². The zero-order valence-electron chi connectivity index (χ0n) is 17.7. The maximum Gasteiger partial charge on any atom is 0.255 e. The Labute approximate surface area is 171 Å². The van der Waals surface area contributed by atoms with E-state index in [0.29, 0.717) is 56.5 Å². The number of carbonyl (C=O) groups is 1. The average Bonchev–Trinajstić information content (AvgIpc) is 2.71. The standard InChI is InChI=1S/C22H30N4O3/c1-5-26(19-14-15(2)6-7-16(19)3)20(27)9-8-18-17(4)23-22(24-21(18)28)25-10-12-29-13-11-25/h6-7,14H,5,8-13H2,1-4H3,(H,23,24,28). The van der Waals surface area contributed by atoms with E-state index >= 15 is 0 Å². The normalized spacial score (nSPS) is 14.1. The van der Waals surface area contributed by atoms with Gasteiger partial charge in [-0.05, 0) is 51.3 Å². The number of aromatic nitrogens is 2.